The van der Waals surface area contributed by atoms with Crippen LogP contribution in [0.3, 0.4) is 0 Å². The number of piperazine rings is 1. The number of nitrogens with zero attached hydrogens (tertiary/aromatic N) is 3. The average Bonchev–Trinajstić information content (AvgIpc) is 2.67. The van der Waals surface area contributed by atoms with Crippen LogP contribution in [0.4, 0.5) is 31.1 Å². The maximum absolute atomic E-state index is 13.3. The molecule has 0 spiro atoms. The number of pyridine rings is 1. The fourth-order valence-electron chi connectivity index (χ4n) is 4.12. The zero-order valence-corrected chi connectivity index (χ0v) is 17.9. The van der Waals surface area contributed by atoms with Crippen molar-refractivity contribution in [2.75, 3.05) is 19.6 Å². The summed E-state index contributed by atoms with van der Waals surface area (Å²) in [5, 5.41) is 9.23. The van der Waals surface area contributed by atoms with Crippen molar-refractivity contribution in [3.05, 3.63) is 53.2 Å². The summed E-state index contributed by atoms with van der Waals surface area (Å²) >= 11 is 0. The van der Waals surface area contributed by atoms with Crippen molar-refractivity contribution < 1.29 is 36.2 Å². The average molecular weight is 475 g/mol. The van der Waals surface area contributed by atoms with Gasteiger partial charge in [0.1, 0.15) is 0 Å². The summed E-state index contributed by atoms with van der Waals surface area (Å²) < 4.78 is 79.9. The highest BCUT2D eigenvalue weighted by molar-refractivity contribution is 5.65. The van der Waals surface area contributed by atoms with Crippen LogP contribution in [0, 0.1) is 19.8 Å². The lowest BCUT2D eigenvalue weighted by atomic mass is 9.94. The number of carbonyl (C=O) groups is 1. The highest BCUT2D eigenvalue weighted by Crippen LogP contribution is 2.44. The first-order chi connectivity index (χ1) is 15.3. The summed E-state index contributed by atoms with van der Waals surface area (Å²) in [5.74, 6) is -3.77. The Morgan fingerprint density at radius 3 is 2.30 bits per heavy atom. The van der Waals surface area contributed by atoms with Gasteiger partial charge in [-0.15, -0.1) is 0 Å². The molecule has 1 fully saturated rings. The van der Waals surface area contributed by atoms with Gasteiger partial charge >= 0.3 is 18.4 Å². The van der Waals surface area contributed by atoms with E-state index in [4.69, 9.17) is 0 Å². The summed E-state index contributed by atoms with van der Waals surface area (Å²) in [6, 6.07) is 8.85. The number of rotatable bonds is 4. The lowest BCUT2D eigenvalue weighted by Crippen LogP contribution is -2.62. The van der Waals surface area contributed by atoms with Crippen LogP contribution in [-0.2, 0) is 6.54 Å². The van der Waals surface area contributed by atoms with Crippen LogP contribution in [0.1, 0.15) is 16.8 Å². The SMILES string of the molecule is Cc1cccc(-c2ccc(CN3CCN(C(=O)O)C(C(C(F)(F)F)C(F)(F)F)C3)c(C)n2)c1. The van der Waals surface area contributed by atoms with E-state index in [1.54, 1.807) is 19.1 Å². The van der Waals surface area contributed by atoms with Gasteiger partial charge in [0.25, 0.3) is 0 Å². The zero-order valence-electron chi connectivity index (χ0n) is 17.9. The van der Waals surface area contributed by atoms with Gasteiger partial charge in [-0.25, -0.2) is 4.79 Å². The van der Waals surface area contributed by atoms with Crippen LogP contribution < -0.4 is 0 Å². The van der Waals surface area contributed by atoms with Crippen molar-refractivity contribution in [1.82, 2.24) is 14.8 Å². The summed E-state index contributed by atoms with van der Waals surface area (Å²) in [6.45, 7) is 2.55. The summed E-state index contributed by atoms with van der Waals surface area (Å²) in [4.78, 5) is 17.6. The van der Waals surface area contributed by atoms with E-state index in [0.29, 0.717) is 17.0 Å². The van der Waals surface area contributed by atoms with Crippen LogP contribution >= 0.6 is 0 Å². The predicted octanol–water partition coefficient (Wildman–Crippen LogP) is 5.27. The van der Waals surface area contributed by atoms with Crippen molar-refractivity contribution in [1.29, 1.82) is 0 Å². The van der Waals surface area contributed by atoms with Crippen LogP contribution in [0.2, 0.25) is 0 Å². The van der Waals surface area contributed by atoms with Crippen LogP contribution in [0.25, 0.3) is 11.3 Å². The second kappa shape index (κ2) is 9.20. The molecule has 1 N–H and O–H groups in total. The molecule has 1 aromatic heterocycles. The van der Waals surface area contributed by atoms with E-state index in [1.165, 1.54) is 4.90 Å². The molecule has 2 heterocycles. The van der Waals surface area contributed by atoms with Gasteiger partial charge in [0.2, 0.25) is 0 Å². The molecule has 0 saturated carbocycles. The highest BCUT2D eigenvalue weighted by atomic mass is 19.4. The fourth-order valence-corrected chi connectivity index (χ4v) is 4.12. The second-order valence-corrected chi connectivity index (χ2v) is 8.15. The normalized spacial score (nSPS) is 18.1. The third-order valence-corrected chi connectivity index (χ3v) is 5.74. The first-order valence-corrected chi connectivity index (χ1v) is 10.2. The minimum Gasteiger partial charge on any atom is -0.465 e. The second-order valence-electron chi connectivity index (χ2n) is 8.15. The molecule has 180 valence electrons. The maximum Gasteiger partial charge on any atom is 0.407 e. The molecule has 1 unspecified atom stereocenters. The third kappa shape index (κ3) is 5.76. The van der Waals surface area contributed by atoms with Gasteiger partial charge in [-0.05, 0) is 31.5 Å². The molecule has 1 amide bonds. The summed E-state index contributed by atoms with van der Waals surface area (Å²) in [7, 11) is 0. The number of aromatic nitrogens is 1. The van der Waals surface area contributed by atoms with Gasteiger partial charge in [-0.2, -0.15) is 26.3 Å². The Balaban J connectivity index is 1.84. The molecule has 1 aliphatic heterocycles. The van der Waals surface area contributed by atoms with Crippen molar-refractivity contribution in [3.63, 3.8) is 0 Å². The maximum atomic E-state index is 13.3. The van der Waals surface area contributed by atoms with E-state index in [2.05, 4.69) is 4.98 Å². The van der Waals surface area contributed by atoms with Gasteiger partial charge in [0.05, 0.1) is 11.7 Å². The van der Waals surface area contributed by atoms with Gasteiger partial charge < -0.3 is 10.0 Å². The Kier molecular flexibility index (Phi) is 6.92. The quantitative estimate of drug-likeness (QED) is 0.613. The Morgan fingerprint density at radius 1 is 1.09 bits per heavy atom. The molecule has 1 atom stereocenters. The van der Waals surface area contributed by atoms with Gasteiger partial charge in [0, 0.05) is 37.4 Å². The van der Waals surface area contributed by atoms with E-state index >= 15 is 0 Å². The minimum atomic E-state index is -5.63. The van der Waals surface area contributed by atoms with Crippen LogP contribution in [0.15, 0.2) is 36.4 Å². The number of carboxylic acid groups (broad SMARTS) is 1. The van der Waals surface area contributed by atoms with E-state index in [-0.39, 0.29) is 18.0 Å². The molecule has 1 aromatic carbocycles. The molecule has 11 heteroatoms. The number of halogens is 6. The third-order valence-electron chi connectivity index (χ3n) is 5.74. The largest absolute Gasteiger partial charge is 0.465 e. The standard InChI is InChI=1S/C22H23F6N3O2/c1-13-4-3-5-15(10-13)17-7-6-16(14(2)29-17)11-30-8-9-31(20(32)33)18(12-30)19(21(23,24)25)22(26,27)28/h3-7,10,18-19H,8-9,11-12H2,1-2H3,(H,32,33). The lowest BCUT2D eigenvalue weighted by molar-refractivity contribution is -0.300. The first-order valence-electron chi connectivity index (χ1n) is 10.2. The van der Waals surface area contributed by atoms with Crippen molar-refractivity contribution in [2.45, 2.75) is 38.8 Å². The van der Waals surface area contributed by atoms with Gasteiger partial charge in [-0.3, -0.25) is 9.88 Å². The highest BCUT2D eigenvalue weighted by Gasteiger charge is 2.62. The van der Waals surface area contributed by atoms with E-state index in [1.807, 2.05) is 31.2 Å². The molecule has 1 saturated heterocycles. The minimum absolute atomic E-state index is 0.00427. The molecule has 0 aliphatic carbocycles. The molecular weight excluding hydrogens is 452 g/mol. The Labute approximate surface area is 186 Å². The summed E-state index contributed by atoms with van der Waals surface area (Å²) in [5.41, 5.74) is 3.86. The number of amides is 1. The van der Waals surface area contributed by atoms with E-state index < -0.39 is 43.5 Å². The fraction of sp³-hybridized carbons (Fsp3) is 0.455. The van der Waals surface area contributed by atoms with Gasteiger partial charge in [-0.1, -0.05) is 29.8 Å². The monoisotopic (exact) mass is 475 g/mol. The van der Waals surface area contributed by atoms with Crippen molar-refractivity contribution >= 4 is 6.09 Å². The topological polar surface area (TPSA) is 56.7 Å². The first kappa shape index (κ1) is 24.8. The predicted molar refractivity (Wildman–Crippen MR) is 109 cm³/mol. The van der Waals surface area contributed by atoms with Gasteiger partial charge in [0.15, 0.2) is 5.92 Å². The number of hydrogen-bond acceptors (Lipinski definition) is 3. The number of aryl methyl sites for hydroxylation is 2. The van der Waals surface area contributed by atoms with E-state index in [0.717, 1.165) is 11.1 Å². The van der Waals surface area contributed by atoms with Crippen LogP contribution in [-0.4, -0.2) is 64.0 Å². The number of benzene rings is 1. The molecular formula is C22H23F6N3O2. The molecule has 2 aromatic rings. The molecule has 0 bridgehead atoms. The van der Waals surface area contributed by atoms with Crippen molar-refractivity contribution in [2.24, 2.45) is 5.92 Å². The molecule has 5 nitrogen and oxygen atoms in total. The Bertz CT molecular complexity index is 994. The number of hydrogen-bond donors (Lipinski definition) is 1. The lowest BCUT2D eigenvalue weighted by Gasteiger charge is -2.44. The molecule has 3 rings (SSSR count). The molecule has 0 radical (unpaired) electrons. The number of alkyl halides is 6. The molecule has 1 aliphatic rings. The Hall–Kier alpha value is -2.82. The Morgan fingerprint density at radius 2 is 1.76 bits per heavy atom. The van der Waals surface area contributed by atoms with Crippen molar-refractivity contribution in [3.8, 4) is 11.3 Å². The van der Waals surface area contributed by atoms with E-state index in [9.17, 15) is 36.2 Å². The van der Waals surface area contributed by atoms with Crippen LogP contribution in [0.5, 0.6) is 0 Å². The smallest absolute Gasteiger partial charge is 0.407 e. The molecule has 33 heavy (non-hydrogen) atoms. The zero-order chi connectivity index (χ0) is 24.6. The summed E-state index contributed by atoms with van der Waals surface area (Å²) in [6.07, 6.45) is -13.1.